The maximum atomic E-state index is 12.4. The van der Waals surface area contributed by atoms with E-state index >= 15 is 0 Å². The number of benzene rings is 1. The molecule has 0 saturated carbocycles. The van der Waals surface area contributed by atoms with E-state index in [9.17, 15) is 9.59 Å². The SMILES string of the molecule is CCOC(=O)c1ccc(OC(=O)[C@@H](C)Nc2ncnc3sc(C)c(C)c23)cc1. The highest BCUT2D eigenvalue weighted by atomic mass is 32.1. The van der Waals surface area contributed by atoms with Gasteiger partial charge in [0.15, 0.2) is 0 Å². The molecule has 0 aliphatic carbocycles. The van der Waals surface area contributed by atoms with Crippen molar-refractivity contribution in [2.24, 2.45) is 0 Å². The molecule has 0 radical (unpaired) electrons. The third-order valence-corrected chi connectivity index (χ3v) is 5.37. The number of esters is 2. The summed E-state index contributed by atoms with van der Waals surface area (Å²) in [5, 5.41) is 4.03. The third-order valence-electron chi connectivity index (χ3n) is 4.26. The number of aromatic nitrogens is 2. The molecule has 2 heterocycles. The summed E-state index contributed by atoms with van der Waals surface area (Å²) in [5.74, 6) is 0.0842. The second-order valence-electron chi connectivity index (χ2n) is 6.22. The fourth-order valence-corrected chi connectivity index (χ4v) is 3.63. The summed E-state index contributed by atoms with van der Waals surface area (Å²) in [6, 6.07) is 5.62. The third kappa shape index (κ3) is 4.12. The molecule has 0 fully saturated rings. The molecule has 7 nitrogen and oxygen atoms in total. The first-order chi connectivity index (χ1) is 13.4. The number of rotatable bonds is 6. The van der Waals surface area contributed by atoms with E-state index < -0.39 is 18.0 Å². The smallest absolute Gasteiger partial charge is 0.338 e. The molecule has 2 aromatic heterocycles. The lowest BCUT2D eigenvalue weighted by Gasteiger charge is -2.14. The first-order valence-corrected chi connectivity index (χ1v) is 9.68. The van der Waals surface area contributed by atoms with Gasteiger partial charge in [0.2, 0.25) is 0 Å². The Hall–Kier alpha value is -3.00. The minimum Gasteiger partial charge on any atom is -0.462 e. The van der Waals surface area contributed by atoms with Crippen molar-refractivity contribution in [1.82, 2.24) is 9.97 Å². The highest BCUT2D eigenvalue weighted by Gasteiger charge is 2.19. The largest absolute Gasteiger partial charge is 0.462 e. The number of nitrogens with zero attached hydrogens (tertiary/aromatic N) is 2. The Morgan fingerprint density at radius 2 is 1.89 bits per heavy atom. The summed E-state index contributed by atoms with van der Waals surface area (Å²) in [6.07, 6.45) is 1.48. The van der Waals surface area contributed by atoms with Gasteiger partial charge in [-0.05, 0) is 57.5 Å². The zero-order valence-electron chi connectivity index (χ0n) is 16.1. The zero-order valence-corrected chi connectivity index (χ0v) is 16.9. The van der Waals surface area contributed by atoms with Crippen LogP contribution in [0.25, 0.3) is 10.2 Å². The fraction of sp³-hybridized carbons (Fsp3) is 0.300. The van der Waals surface area contributed by atoms with Crippen molar-refractivity contribution in [2.75, 3.05) is 11.9 Å². The van der Waals surface area contributed by atoms with Gasteiger partial charge in [0.25, 0.3) is 0 Å². The van der Waals surface area contributed by atoms with Crippen LogP contribution in [0.15, 0.2) is 30.6 Å². The number of fused-ring (bicyclic) bond motifs is 1. The van der Waals surface area contributed by atoms with Gasteiger partial charge in [0, 0.05) is 4.88 Å². The maximum absolute atomic E-state index is 12.4. The Morgan fingerprint density at radius 3 is 2.57 bits per heavy atom. The molecule has 1 aromatic carbocycles. The van der Waals surface area contributed by atoms with Crippen molar-refractivity contribution in [3.8, 4) is 5.75 Å². The zero-order chi connectivity index (χ0) is 20.3. The van der Waals surface area contributed by atoms with Crippen LogP contribution in [0.5, 0.6) is 5.75 Å². The Bertz CT molecular complexity index is 1010. The molecule has 0 aliphatic heterocycles. The molecule has 0 bridgehead atoms. The number of aryl methyl sites for hydroxylation is 2. The molecule has 0 amide bonds. The number of anilines is 1. The van der Waals surface area contributed by atoms with Gasteiger partial charge in [0.1, 0.15) is 28.8 Å². The number of hydrogen-bond acceptors (Lipinski definition) is 8. The maximum Gasteiger partial charge on any atom is 0.338 e. The van der Waals surface area contributed by atoms with Crippen LogP contribution in [-0.2, 0) is 9.53 Å². The molecular formula is C20H21N3O4S. The van der Waals surface area contributed by atoms with Gasteiger partial charge in [-0.15, -0.1) is 11.3 Å². The van der Waals surface area contributed by atoms with Gasteiger partial charge in [-0.25, -0.2) is 19.6 Å². The van der Waals surface area contributed by atoms with E-state index in [1.54, 1.807) is 49.4 Å². The van der Waals surface area contributed by atoms with Crippen LogP contribution >= 0.6 is 11.3 Å². The average molecular weight is 399 g/mol. The van der Waals surface area contributed by atoms with Gasteiger partial charge in [-0.3, -0.25) is 0 Å². The number of nitrogens with one attached hydrogen (secondary N) is 1. The summed E-state index contributed by atoms with van der Waals surface area (Å²) in [4.78, 5) is 34.7. The molecule has 146 valence electrons. The Balaban J connectivity index is 1.69. The highest BCUT2D eigenvalue weighted by molar-refractivity contribution is 7.18. The van der Waals surface area contributed by atoms with Gasteiger partial charge in [-0.2, -0.15) is 0 Å². The summed E-state index contributed by atoms with van der Waals surface area (Å²) in [7, 11) is 0. The standard InChI is InChI=1S/C20H21N3O4S/c1-5-26-20(25)14-6-8-15(9-7-14)27-19(24)12(3)23-17-16-11(2)13(4)28-18(16)22-10-21-17/h6-10,12H,5H2,1-4H3,(H,21,22,23)/t12-/m1/s1. The Kier molecular flexibility index (Phi) is 5.89. The minimum atomic E-state index is -0.623. The van der Waals surface area contributed by atoms with Crippen molar-refractivity contribution in [1.29, 1.82) is 0 Å². The molecule has 0 spiro atoms. The van der Waals surface area contributed by atoms with E-state index in [0.717, 1.165) is 20.7 Å². The second-order valence-corrected chi connectivity index (χ2v) is 7.42. The van der Waals surface area contributed by atoms with Crippen molar-refractivity contribution in [3.05, 3.63) is 46.6 Å². The molecule has 3 aromatic rings. The molecule has 0 unspecified atom stereocenters. The van der Waals surface area contributed by atoms with E-state index in [0.29, 0.717) is 23.7 Å². The summed E-state index contributed by atoms with van der Waals surface area (Å²) >= 11 is 1.59. The van der Waals surface area contributed by atoms with Crippen LogP contribution in [0.3, 0.4) is 0 Å². The Morgan fingerprint density at radius 1 is 1.18 bits per heavy atom. The first-order valence-electron chi connectivity index (χ1n) is 8.86. The van der Waals surface area contributed by atoms with E-state index in [-0.39, 0.29) is 0 Å². The van der Waals surface area contributed by atoms with Crippen LogP contribution in [0.2, 0.25) is 0 Å². The molecule has 1 atom stereocenters. The quantitative estimate of drug-likeness (QED) is 0.497. The molecule has 28 heavy (non-hydrogen) atoms. The summed E-state index contributed by atoms with van der Waals surface area (Å²) in [6.45, 7) is 7.79. The lowest BCUT2D eigenvalue weighted by Crippen LogP contribution is -2.30. The van der Waals surface area contributed by atoms with Crippen molar-refractivity contribution >= 4 is 39.3 Å². The number of carbonyl (C=O) groups excluding carboxylic acids is 2. The summed E-state index contributed by atoms with van der Waals surface area (Å²) < 4.78 is 10.3. The van der Waals surface area contributed by atoms with Crippen LogP contribution in [0.1, 0.15) is 34.6 Å². The van der Waals surface area contributed by atoms with Gasteiger partial charge >= 0.3 is 11.9 Å². The monoisotopic (exact) mass is 399 g/mol. The number of ether oxygens (including phenoxy) is 2. The number of carbonyl (C=O) groups is 2. The number of thiophene rings is 1. The predicted molar refractivity (Wildman–Crippen MR) is 108 cm³/mol. The second kappa shape index (κ2) is 8.35. The van der Waals surface area contributed by atoms with E-state index in [2.05, 4.69) is 15.3 Å². The van der Waals surface area contributed by atoms with Gasteiger partial charge in [-0.1, -0.05) is 0 Å². The van der Waals surface area contributed by atoms with E-state index in [1.807, 2.05) is 13.8 Å². The van der Waals surface area contributed by atoms with Crippen LogP contribution < -0.4 is 10.1 Å². The fourth-order valence-electron chi connectivity index (χ4n) is 2.63. The lowest BCUT2D eigenvalue weighted by atomic mass is 10.2. The first kappa shape index (κ1) is 19.8. The number of hydrogen-bond donors (Lipinski definition) is 1. The molecule has 8 heteroatoms. The average Bonchev–Trinajstić information content (AvgIpc) is 2.97. The van der Waals surface area contributed by atoms with Crippen molar-refractivity contribution in [3.63, 3.8) is 0 Å². The molecule has 0 saturated heterocycles. The van der Waals surface area contributed by atoms with Crippen molar-refractivity contribution in [2.45, 2.75) is 33.7 Å². The van der Waals surface area contributed by atoms with Gasteiger partial charge < -0.3 is 14.8 Å². The summed E-state index contributed by atoms with van der Waals surface area (Å²) in [5.41, 5.74) is 1.50. The molecule has 1 N–H and O–H groups in total. The minimum absolute atomic E-state index is 0.304. The molecular weight excluding hydrogens is 378 g/mol. The highest BCUT2D eigenvalue weighted by Crippen LogP contribution is 2.32. The predicted octanol–water partition coefficient (Wildman–Crippen LogP) is 3.89. The Labute approximate surface area is 166 Å². The topological polar surface area (TPSA) is 90.4 Å². The van der Waals surface area contributed by atoms with Crippen LogP contribution in [-0.4, -0.2) is 34.6 Å². The van der Waals surface area contributed by atoms with Crippen molar-refractivity contribution < 1.29 is 19.1 Å². The van der Waals surface area contributed by atoms with Crippen LogP contribution in [0.4, 0.5) is 5.82 Å². The van der Waals surface area contributed by atoms with Gasteiger partial charge in [0.05, 0.1) is 17.6 Å². The van der Waals surface area contributed by atoms with Crippen LogP contribution in [0, 0.1) is 13.8 Å². The molecule has 3 rings (SSSR count). The van der Waals surface area contributed by atoms with E-state index in [4.69, 9.17) is 9.47 Å². The lowest BCUT2D eigenvalue weighted by molar-refractivity contribution is -0.134. The normalized spacial score (nSPS) is 11.9. The molecule has 0 aliphatic rings. The van der Waals surface area contributed by atoms with E-state index in [1.165, 1.54) is 6.33 Å².